The molecule has 0 N–H and O–H groups in total. The molecule has 6 nitrogen and oxygen atoms in total. The highest BCUT2D eigenvalue weighted by molar-refractivity contribution is 7.89. The van der Waals surface area contributed by atoms with E-state index in [2.05, 4.69) is 16.9 Å². The van der Waals surface area contributed by atoms with Gasteiger partial charge in [-0.2, -0.15) is 4.31 Å². The summed E-state index contributed by atoms with van der Waals surface area (Å²) in [5.41, 5.74) is 1.09. The molecule has 2 aliphatic rings. The Morgan fingerprint density at radius 3 is 2.88 bits per heavy atom. The summed E-state index contributed by atoms with van der Waals surface area (Å²) in [5.74, 6) is 0.744. The van der Waals surface area contributed by atoms with Gasteiger partial charge in [-0.15, -0.1) is 0 Å². The number of hydrogen-bond acceptors (Lipinski definition) is 5. The normalized spacial score (nSPS) is 24.3. The molecule has 0 radical (unpaired) electrons. The number of sulfonamides is 1. The Morgan fingerprint density at radius 2 is 2.20 bits per heavy atom. The Kier molecular flexibility index (Phi) is 5.78. The predicted octanol–water partition coefficient (Wildman–Crippen LogP) is 1.73. The molecule has 1 atom stereocenters. The molecule has 0 saturated carbocycles. The molecular weight excluding hydrogens is 338 g/mol. The van der Waals surface area contributed by atoms with Crippen molar-refractivity contribution in [1.29, 1.82) is 0 Å². The minimum atomic E-state index is -3.07. The second kappa shape index (κ2) is 7.70. The van der Waals surface area contributed by atoms with E-state index in [1.54, 1.807) is 10.5 Å². The molecule has 3 rings (SSSR count). The molecule has 0 bridgehead atoms. The third-order valence-electron chi connectivity index (χ3n) is 5.49. The summed E-state index contributed by atoms with van der Waals surface area (Å²) in [6.07, 6.45) is 6.38. The summed E-state index contributed by atoms with van der Waals surface area (Å²) in [6, 6.07) is 3.94. The van der Waals surface area contributed by atoms with Crippen molar-refractivity contribution in [3.63, 3.8) is 0 Å². The zero-order valence-electron chi connectivity index (χ0n) is 15.2. The van der Waals surface area contributed by atoms with Gasteiger partial charge in [0, 0.05) is 37.6 Å². The van der Waals surface area contributed by atoms with Crippen molar-refractivity contribution < 1.29 is 13.2 Å². The number of piperidine rings is 1. The molecule has 1 unspecified atom stereocenters. The fourth-order valence-corrected chi connectivity index (χ4v) is 5.59. The van der Waals surface area contributed by atoms with Gasteiger partial charge < -0.3 is 4.74 Å². The molecule has 1 aromatic heterocycles. The first-order valence-electron chi connectivity index (χ1n) is 9.11. The fourth-order valence-electron chi connectivity index (χ4n) is 3.94. The summed E-state index contributed by atoms with van der Waals surface area (Å²) in [7, 11) is -0.953. The molecule has 0 aromatic carbocycles. The molecular formula is C18H29N3O3S. The third kappa shape index (κ3) is 4.22. The van der Waals surface area contributed by atoms with Crippen LogP contribution in [0.25, 0.3) is 0 Å². The van der Waals surface area contributed by atoms with Crippen LogP contribution >= 0.6 is 0 Å². The van der Waals surface area contributed by atoms with Gasteiger partial charge >= 0.3 is 0 Å². The summed E-state index contributed by atoms with van der Waals surface area (Å²) >= 11 is 0. The van der Waals surface area contributed by atoms with Gasteiger partial charge in [0.2, 0.25) is 10.0 Å². The van der Waals surface area contributed by atoms with Crippen LogP contribution in [0.4, 0.5) is 0 Å². The van der Waals surface area contributed by atoms with Crippen molar-refractivity contribution >= 4 is 10.0 Å². The van der Waals surface area contributed by atoms with Gasteiger partial charge in [-0.3, -0.25) is 9.88 Å². The van der Waals surface area contributed by atoms with E-state index in [0.717, 1.165) is 31.6 Å². The molecule has 0 aliphatic carbocycles. The lowest BCUT2D eigenvalue weighted by atomic mass is 9.77. The number of ether oxygens (including phenoxy) is 1. The van der Waals surface area contributed by atoms with Crippen LogP contribution in [0, 0.1) is 5.92 Å². The van der Waals surface area contributed by atoms with Gasteiger partial charge in [0.25, 0.3) is 0 Å². The molecule has 2 aliphatic heterocycles. The van der Waals surface area contributed by atoms with E-state index < -0.39 is 10.0 Å². The van der Waals surface area contributed by atoms with Crippen molar-refractivity contribution in [3.8, 4) is 0 Å². The Bertz CT molecular complexity index is 659. The Labute approximate surface area is 151 Å². The van der Waals surface area contributed by atoms with Crippen molar-refractivity contribution in [2.75, 3.05) is 39.0 Å². The highest BCUT2D eigenvalue weighted by Crippen LogP contribution is 2.39. The quantitative estimate of drug-likeness (QED) is 0.734. The molecule has 2 fully saturated rings. The standard InChI is InChI=1S/C18H29N3O3S/c1-3-9-25(22,23)21-14-18(15-21)10-16(6-8-20(18)2)12-24-13-17-5-4-7-19-11-17/h4-5,7,11,16H,3,6,8-10,12-15H2,1-2H3. The van der Waals surface area contributed by atoms with E-state index >= 15 is 0 Å². The third-order valence-corrected chi connectivity index (χ3v) is 7.46. The van der Waals surface area contributed by atoms with Crippen molar-refractivity contribution in [3.05, 3.63) is 30.1 Å². The molecule has 25 heavy (non-hydrogen) atoms. The summed E-state index contributed by atoms with van der Waals surface area (Å²) in [6.45, 7) is 5.49. The summed E-state index contributed by atoms with van der Waals surface area (Å²) in [4.78, 5) is 6.45. The van der Waals surface area contributed by atoms with Crippen LogP contribution in [0.3, 0.4) is 0 Å². The summed E-state index contributed by atoms with van der Waals surface area (Å²) < 4.78 is 32.0. The number of likely N-dealkylation sites (N-methyl/N-ethyl adjacent to an activating group) is 1. The first kappa shape index (κ1) is 18.8. The Morgan fingerprint density at radius 1 is 1.40 bits per heavy atom. The van der Waals surface area contributed by atoms with Gasteiger partial charge in [-0.25, -0.2) is 8.42 Å². The number of pyridine rings is 1. The highest BCUT2D eigenvalue weighted by Gasteiger charge is 2.52. The molecule has 1 spiro atoms. The van der Waals surface area contributed by atoms with Crippen LogP contribution in [0.5, 0.6) is 0 Å². The van der Waals surface area contributed by atoms with Crippen LogP contribution in [0.2, 0.25) is 0 Å². The second-order valence-corrected chi connectivity index (χ2v) is 9.55. The smallest absolute Gasteiger partial charge is 0.214 e. The fraction of sp³-hybridized carbons (Fsp3) is 0.722. The minimum Gasteiger partial charge on any atom is -0.376 e. The maximum atomic E-state index is 12.2. The maximum absolute atomic E-state index is 12.2. The van der Waals surface area contributed by atoms with Crippen LogP contribution in [0.15, 0.2) is 24.5 Å². The van der Waals surface area contributed by atoms with Crippen LogP contribution < -0.4 is 0 Å². The van der Waals surface area contributed by atoms with Crippen LogP contribution in [-0.2, 0) is 21.4 Å². The Hall–Kier alpha value is -1.02. The number of likely N-dealkylation sites (tertiary alicyclic amines) is 1. The van der Waals surface area contributed by atoms with Gasteiger partial charge in [-0.05, 0) is 50.4 Å². The lowest BCUT2D eigenvalue weighted by Crippen LogP contribution is -2.72. The van der Waals surface area contributed by atoms with E-state index in [1.165, 1.54) is 0 Å². The first-order valence-corrected chi connectivity index (χ1v) is 10.7. The van der Waals surface area contributed by atoms with E-state index in [-0.39, 0.29) is 11.3 Å². The molecule has 3 heterocycles. The monoisotopic (exact) mass is 367 g/mol. The zero-order valence-corrected chi connectivity index (χ0v) is 16.0. The zero-order chi connectivity index (χ0) is 17.9. The number of rotatable bonds is 7. The lowest BCUT2D eigenvalue weighted by Gasteiger charge is -2.57. The van der Waals surface area contributed by atoms with E-state index in [1.807, 2.05) is 25.3 Å². The predicted molar refractivity (Wildman–Crippen MR) is 97.6 cm³/mol. The van der Waals surface area contributed by atoms with Gasteiger partial charge in [0.05, 0.1) is 12.4 Å². The average molecular weight is 368 g/mol. The van der Waals surface area contributed by atoms with Crippen LogP contribution in [0.1, 0.15) is 31.7 Å². The van der Waals surface area contributed by atoms with Crippen molar-refractivity contribution in [1.82, 2.24) is 14.2 Å². The largest absolute Gasteiger partial charge is 0.376 e. The lowest BCUT2D eigenvalue weighted by molar-refractivity contribution is -0.0600. The first-order chi connectivity index (χ1) is 12.0. The van der Waals surface area contributed by atoms with Gasteiger partial charge in [0.15, 0.2) is 0 Å². The summed E-state index contributed by atoms with van der Waals surface area (Å²) in [5, 5.41) is 0. The van der Waals surface area contributed by atoms with Crippen molar-refractivity contribution in [2.24, 2.45) is 5.92 Å². The maximum Gasteiger partial charge on any atom is 0.214 e. The van der Waals surface area contributed by atoms with Gasteiger partial charge in [0.1, 0.15) is 0 Å². The van der Waals surface area contributed by atoms with Crippen molar-refractivity contribution in [2.45, 2.75) is 38.3 Å². The van der Waals surface area contributed by atoms with E-state index in [0.29, 0.717) is 32.0 Å². The molecule has 2 saturated heterocycles. The average Bonchev–Trinajstić information content (AvgIpc) is 2.55. The van der Waals surface area contributed by atoms with E-state index in [9.17, 15) is 8.42 Å². The minimum absolute atomic E-state index is 0.00138. The SMILES string of the molecule is CCCS(=O)(=O)N1CC2(CC(COCc3cccnc3)CCN2C)C1. The van der Waals surface area contributed by atoms with Gasteiger partial charge in [-0.1, -0.05) is 13.0 Å². The Balaban J connectivity index is 1.51. The van der Waals surface area contributed by atoms with Crippen LogP contribution in [-0.4, -0.2) is 67.2 Å². The number of nitrogens with zero attached hydrogens (tertiary/aromatic N) is 3. The molecule has 1 aromatic rings. The topological polar surface area (TPSA) is 62.7 Å². The number of aromatic nitrogens is 1. The molecule has 140 valence electrons. The molecule has 7 heteroatoms. The highest BCUT2D eigenvalue weighted by atomic mass is 32.2. The molecule has 0 amide bonds. The van der Waals surface area contributed by atoms with E-state index in [4.69, 9.17) is 4.74 Å². The second-order valence-electron chi connectivity index (χ2n) is 7.47. The number of hydrogen-bond donors (Lipinski definition) is 0.